The van der Waals surface area contributed by atoms with Crippen molar-refractivity contribution in [2.45, 2.75) is 50.8 Å². The highest BCUT2D eigenvalue weighted by Crippen LogP contribution is 2.31. The zero-order valence-electron chi connectivity index (χ0n) is 16.9. The van der Waals surface area contributed by atoms with Crippen LogP contribution < -0.4 is 9.84 Å². The lowest BCUT2D eigenvalue weighted by Crippen LogP contribution is -2.21. The maximum atomic E-state index is 12.7. The van der Waals surface area contributed by atoms with E-state index in [4.69, 9.17) is 4.74 Å². The smallest absolute Gasteiger partial charge is 0.416 e. The summed E-state index contributed by atoms with van der Waals surface area (Å²) in [4.78, 5) is 22.4. The number of unbranched alkanes of at least 4 members (excludes halogenated alkanes) is 1. The molecule has 0 aromatic heterocycles. The van der Waals surface area contributed by atoms with Crippen molar-refractivity contribution in [1.29, 1.82) is 0 Å². The van der Waals surface area contributed by atoms with Crippen LogP contribution in [0.25, 0.3) is 0 Å². The van der Waals surface area contributed by atoms with Gasteiger partial charge in [0.25, 0.3) is 0 Å². The zero-order chi connectivity index (χ0) is 22.9. The van der Waals surface area contributed by atoms with E-state index in [-0.39, 0.29) is 24.6 Å². The molecule has 1 aliphatic carbocycles. The first-order chi connectivity index (χ1) is 14.7. The number of ketones is 1. The molecule has 1 N–H and O–H groups in total. The summed E-state index contributed by atoms with van der Waals surface area (Å²) in [6.45, 7) is -0.229. The predicted octanol–water partition coefficient (Wildman–Crippen LogP) is 3.53. The quantitative estimate of drug-likeness (QED) is 0.423. The van der Waals surface area contributed by atoms with Gasteiger partial charge in [0.2, 0.25) is 0 Å². The minimum absolute atomic E-state index is 0.00189. The average molecular weight is 437 g/mol. The third-order valence-corrected chi connectivity index (χ3v) is 4.69. The number of Topliss-reactive ketones (excluding diaryl/α,β-unsaturated/α-hetero) is 1. The van der Waals surface area contributed by atoms with E-state index in [0.29, 0.717) is 37.7 Å². The first-order valence-corrected chi connectivity index (χ1v) is 9.93. The van der Waals surface area contributed by atoms with Gasteiger partial charge in [-0.15, -0.1) is 0 Å². The number of hydrogen-bond acceptors (Lipinski definition) is 5. The van der Waals surface area contributed by atoms with Crippen molar-refractivity contribution in [3.8, 4) is 5.75 Å². The number of benzene rings is 1. The van der Waals surface area contributed by atoms with Crippen molar-refractivity contribution in [2.24, 2.45) is 0 Å². The average Bonchev–Trinajstić information content (AvgIpc) is 3.06. The summed E-state index contributed by atoms with van der Waals surface area (Å²) in [5.41, 5.74) is 0.600. The summed E-state index contributed by atoms with van der Waals surface area (Å²) in [7, 11) is 0. The predicted molar refractivity (Wildman–Crippen MR) is 106 cm³/mol. The van der Waals surface area contributed by atoms with E-state index >= 15 is 0 Å². The fourth-order valence-corrected chi connectivity index (χ4v) is 3.07. The molecule has 5 nitrogen and oxygen atoms in total. The highest BCUT2D eigenvalue weighted by molar-refractivity contribution is 5.99. The van der Waals surface area contributed by atoms with Crippen LogP contribution in [0.4, 0.5) is 13.2 Å². The summed E-state index contributed by atoms with van der Waals surface area (Å²) in [5.74, 6) is -1.07. The molecular weight excluding hydrogens is 413 g/mol. The molecule has 0 saturated heterocycles. The SMILES string of the molecule is O=C([O-])CCCC=CCC1=C(/C=C/[C@@H](O)COc2cccc(C(F)(F)F)c2)CCC1=O. The number of halogens is 3. The highest BCUT2D eigenvalue weighted by atomic mass is 19.4. The van der Waals surface area contributed by atoms with Crippen LogP contribution in [0, 0.1) is 0 Å². The molecule has 0 aliphatic heterocycles. The summed E-state index contributed by atoms with van der Waals surface area (Å²) in [6, 6.07) is 4.41. The number of aliphatic hydroxyl groups excluding tert-OH is 1. The Hall–Kier alpha value is -2.87. The number of aliphatic carboxylic acids is 1. The second-order valence-corrected chi connectivity index (χ2v) is 7.13. The van der Waals surface area contributed by atoms with Crippen LogP contribution in [0.3, 0.4) is 0 Å². The Morgan fingerprint density at radius 2 is 2.03 bits per heavy atom. The van der Waals surface area contributed by atoms with Gasteiger partial charge < -0.3 is 19.7 Å². The number of carboxylic acid groups (broad SMARTS) is 1. The summed E-state index contributed by atoms with van der Waals surface area (Å²) < 4.78 is 43.4. The fourth-order valence-electron chi connectivity index (χ4n) is 3.07. The number of carbonyl (C=O) groups is 2. The molecule has 1 atom stereocenters. The molecule has 2 rings (SSSR count). The summed E-state index contributed by atoms with van der Waals surface area (Å²) in [6.07, 6.45) is 3.57. The third kappa shape index (κ3) is 8.41. The molecule has 1 aromatic carbocycles. The first kappa shape index (κ1) is 24.4. The molecule has 8 heteroatoms. The third-order valence-electron chi connectivity index (χ3n) is 4.69. The standard InChI is InChI=1S/C23H25F3O5/c24-23(25,26)17-6-5-7-19(14-17)31-15-18(27)12-10-16-11-13-21(28)20(16)8-3-1-2-4-9-22(29)30/h1,3,5-7,10,12,14,18,27H,2,4,8-9,11,13,15H2,(H,29,30)/p-1/b3-1?,12-10+/t18-/m1/s1. The number of alkyl halides is 3. The van der Waals surface area contributed by atoms with Crippen molar-refractivity contribution >= 4 is 11.8 Å². The van der Waals surface area contributed by atoms with Gasteiger partial charge in [-0.3, -0.25) is 4.79 Å². The Kier molecular flexibility index (Phi) is 9.05. The van der Waals surface area contributed by atoms with Crippen molar-refractivity contribution in [3.05, 3.63) is 65.3 Å². The van der Waals surface area contributed by atoms with Gasteiger partial charge in [-0.25, -0.2) is 0 Å². The van der Waals surface area contributed by atoms with Gasteiger partial charge in [-0.2, -0.15) is 13.2 Å². The van der Waals surface area contributed by atoms with Gasteiger partial charge in [0.1, 0.15) is 18.5 Å². The maximum absolute atomic E-state index is 12.7. The van der Waals surface area contributed by atoms with E-state index in [9.17, 15) is 33.0 Å². The van der Waals surface area contributed by atoms with Gasteiger partial charge in [0.05, 0.1) is 5.56 Å². The largest absolute Gasteiger partial charge is 0.550 e. The molecule has 31 heavy (non-hydrogen) atoms. The number of allylic oxidation sites excluding steroid dienone is 5. The molecule has 1 aromatic rings. The van der Waals surface area contributed by atoms with Gasteiger partial charge in [-0.1, -0.05) is 30.4 Å². The van der Waals surface area contributed by atoms with Gasteiger partial charge >= 0.3 is 6.18 Å². The number of hydrogen-bond donors (Lipinski definition) is 1. The van der Waals surface area contributed by atoms with E-state index in [1.54, 1.807) is 6.08 Å². The number of ether oxygens (including phenoxy) is 1. The van der Waals surface area contributed by atoms with Crippen molar-refractivity contribution in [1.82, 2.24) is 0 Å². The molecule has 0 amide bonds. The van der Waals surface area contributed by atoms with Crippen molar-refractivity contribution < 1.29 is 37.7 Å². The van der Waals surface area contributed by atoms with E-state index in [1.807, 2.05) is 12.2 Å². The second kappa shape index (κ2) is 11.5. The summed E-state index contributed by atoms with van der Waals surface area (Å²) in [5, 5.41) is 20.4. The lowest BCUT2D eigenvalue weighted by atomic mass is 10.1. The fraction of sp³-hybridized carbons (Fsp3) is 0.391. The molecule has 0 saturated carbocycles. The monoisotopic (exact) mass is 437 g/mol. The molecular formula is C23H24F3O5-. The van der Waals surface area contributed by atoms with Crippen molar-refractivity contribution in [2.75, 3.05) is 6.61 Å². The van der Waals surface area contributed by atoms with E-state index in [2.05, 4.69) is 0 Å². The van der Waals surface area contributed by atoms with Crippen LogP contribution in [0.15, 0.2) is 59.7 Å². The maximum Gasteiger partial charge on any atom is 0.416 e. The lowest BCUT2D eigenvalue weighted by molar-refractivity contribution is -0.305. The van der Waals surface area contributed by atoms with Crippen LogP contribution in [0.1, 0.15) is 44.1 Å². The lowest BCUT2D eigenvalue weighted by Gasteiger charge is -2.12. The van der Waals surface area contributed by atoms with Gasteiger partial charge in [-0.05, 0) is 55.9 Å². The minimum Gasteiger partial charge on any atom is -0.550 e. The number of rotatable bonds is 11. The number of carboxylic acids is 1. The molecule has 0 radical (unpaired) electrons. The van der Waals surface area contributed by atoms with Gasteiger partial charge in [0.15, 0.2) is 5.78 Å². The van der Waals surface area contributed by atoms with Gasteiger partial charge in [0, 0.05) is 18.0 Å². The number of aliphatic hydroxyl groups is 1. The second-order valence-electron chi connectivity index (χ2n) is 7.13. The Bertz CT molecular complexity index is 868. The normalized spacial score (nSPS) is 15.9. The summed E-state index contributed by atoms with van der Waals surface area (Å²) >= 11 is 0. The Morgan fingerprint density at radius 1 is 1.26 bits per heavy atom. The molecule has 0 unspecified atom stereocenters. The Labute approximate surface area is 178 Å². The molecule has 0 fully saturated rings. The van der Waals surface area contributed by atoms with Crippen LogP contribution in [-0.4, -0.2) is 29.6 Å². The van der Waals surface area contributed by atoms with E-state index in [0.717, 1.165) is 17.7 Å². The first-order valence-electron chi connectivity index (χ1n) is 9.93. The topological polar surface area (TPSA) is 86.7 Å². The van der Waals surface area contributed by atoms with Crippen LogP contribution in [-0.2, 0) is 15.8 Å². The Morgan fingerprint density at radius 3 is 2.74 bits per heavy atom. The highest BCUT2D eigenvalue weighted by Gasteiger charge is 2.30. The van der Waals surface area contributed by atoms with Crippen LogP contribution in [0.5, 0.6) is 5.75 Å². The molecule has 0 bridgehead atoms. The molecule has 168 valence electrons. The van der Waals surface area contributed by atoms with Crippen LogP contribution >= 0.6 is 0 Å². The minimum atomic E-state index is -4.47. The Balaban J connectivity index is 1.89. The van der Waals surface area contributed by atoms with Crippen molar-refractivity contribution in [3.63, 3.8) is 0 Å². The van der Waals surface area contributed by atoms with E-state index in [1.165, 1.54) is 18.2 Å². The molecule has 0 heterocycles. The number of carbonyl (C=O) groups excluding carboxylic acids is 2. The van der Waals surface area contributed by atoms with Crippen LogP contribution in [0.2, 0.25) is 0 Å². The molecule has 0 spiro atoms. The zero-order valence-corrected chi connectivity index (χ0v) is 16.9. The molecule has 1 aliphatic rings. The van der Waals surface area contributed by atoms with E-state index < -0.39 is 23.8 Å².